The zero-order valence-electron chi connectivity index (χ0n) is 13.9. The molecule has 1 aliphatic heterocycles. The van der Waals surface area contributed by atoms with Gasteiger partial charge in [0.25, 0.3) is 5.89 Å². The molecule has 2 aromatic carbocycles. The lowest BCUT2D eigenvalue weighted by molar-refractivity contribution is -0.143. The van der Waals surface area contributed by atoms with E-state index in [1.54, 1.807) is 18.2 Å². The van der Waals surface area contributed by atoms with Crippen LogP contribution in [0, 0.1) is 0 Å². The topological polar surface area (TPSA) is 51.0 Å². The molecule has 0 amide bonds. The highest BCUT2D eigenvalue weighted by Crippen LogP contribution is 2.38. The number of hydrogen-bond donors (Lipinski definition) is 1. The van der Waals surface area contributed by atoms with Crippen molar-refractivity contribution >= 4 is 5.69 Å². The van der Waals surface area contributed by atoms with Gasteiger partial charge in [-0.2, -0.15) is 31.3 Å². The van der Waals surface area contributed by atoms with Gasteiger partial charge in [0.05, 0.1) is 11.1 Å². The Kier molecular flexibility index (Phi) is 4.09. The molecule has 0 saturated carbocycles. The van der Waals surface area contributed by atoms with Crippen molar-refractivity contribution in [1.29, 1.82) is 0 Å². The normalized spacial score (nSPS) is 14.1. The molecule has 2 heterocycles. The molecule has 146 valence electrons. The number of rotatable bonds is 2. The number of nitrogens with one attached hydrogen (secondary N) is 1. The molecule has 0 fully saturated rings. The molecule has 0 radical (unpaired) electrons. The Labute approximate surface area is 154 Å². The maximum absolute atomic E-state index is 13.0. The summed E-state index contributed by atoms with van der Waals surface area (Å²) in [6, 6.07) is 6.46. The molecular weight excluding hydrogens is 388 g/mol. The van der Waals surface area contributed by atoms with Crippen LogP contribution in [0.25, 0.3) is 22.8 Å². The van der Waals surface area contributed by atoms with Gasteiger partial charge in [-0.3, -0.25) is 0 Å². The standard InChI is InChI=1S/C18H11F6N3O/c19-17(20,21)12-6-11(7-13(8-12)18(22,23)24)16-26-15(27-28-16)10-1-2-14-9(5-10)3-4-25-14/h1-2,5-8,25H,3-4H2. The molecule has 10 heteroatoms. The van der Waals surface area contributed by atoms with E-state index in [0.29, 0.717) is 17.7 Å². The lowest BCUT2D eigenvalue weighted by Gasteiger charge is -2.12. The van der Waals surface area contributed by atoms with Crippen LogP contribution in [0.1, 0.15) is 16.7 Å². The van der Waals surface area contributed by atoms with Gasteiger partial charge >= 0.3 is 12.4 Å². The van der Waals surface area contributed by atoms with Gasteiger partial charge in [0.2, 0.25) is 5.82 Å². The first-order valence-electron chi connectivity index (χ1n) is 8.12. The molecule has 0 aliphatic carbocycles. The Hall–Kier alpha value is -3.04. The Morgan fingerprint density at radius 2 is 1.54 bits per heavy atom. The Morgan fingerprint density at radius 3 is 2.18 bits per heavy atom. The van der Waals surface area contributed by atoms with E-state index in [1.165, 1.54) is 0 Å². The summed E-state index contributed by atoms with van der Waals surface area (Å²) in [5.41, 5.74) is -0.812. The summed E-state index contributed by atoms with van der Waals surface area (Å²) >= 11 is 0. The second kappa shape index (κ2) is 6.25. The molecule has 0 bridgehead atoms. The second-order valence-corrected chi connectivity index (χ2v) is 6.27. The number of hydrogen-bond acceptors (Lipinski definition) is 4. The molecule has 1 N–H and O–H groups in total. The first-order valence-corrected chi connectivity index (χ1v) is 8.12. The highest BCUT2D eigenvalue weighted by molar-refractivity contribution is 5.67. The van der Waals surface area contributed by atoms with Gasteiger partial charge in [-0.15, -0.1) is 0 Å². The zero-order valence-corrected chi connectivity index (χ0v) is 13.9. The van der Waals surface area contributed by atoms with Crippen LogP contribution in [0.5, 0.6) is 0 Å². The minimum atomic E-state index is -4.95. The van der Waals surface area contributed by atoms with Gasteiger partial charge in [0.1, 0.15) is 0 Å². The van der Waals surface area contributed by atoms with Crippen molar-refractivity contribution in [1.82, 2.24) is 10.1 Å². The smallest absolute Gasteiger partial charge is 0.384 e. The largest absolute Gasteiger partial charge is 0.416 e. The van der Waals surface area contributed by atoms with Gasteiger partial charge in [-0.25, -0.2) is 0 Å². The molecule has 0 saturated heterocycles. The Balaban J connectivity index is 1.76. The fourth-order valence-electron chi connectivity index (χ4n) is 2.98. The SMILES string of the molecule is FC(F)(F)c1cc(-c2nc(-c3ccc4c(c3)CCN4)no2)cc(C(F)(F)F)c1. The van der Waals surface area contributed by atoms with Gasteiger partial charge in [0, 0.05) is 23.4 Å². The van der Waals surface area contributed by atoms with Crippen molar-refractivity contribution in [2.75, 3.05) is 11.9 Å². The number of nitrogens with zero attached hydrogens (tertiary/aromatic N) is 2. The third-order valence-electron chi connectivity index (χ3n) is 4.33. The predicted octanol–water partition coefficient (Wildman–Crippen LogP) is 5.41. The molecule has 28 heavy (non-hydrogen) atoms. The third kappa shape index (κ3) is 3.41. The van der Waals surface area contributed by atoms with Crippen molar-refractivity contribution < 1.29 is 30.9 Å². The van der Waals surface area contributed by atoms with Crippen LogP contribution in [0.2, 0.25) is 0 Å². The minimum absolute atomic E-state index is 0.0499. The monoisotopic (exact) mass is 399 g/mol. The highest BCUT2D eigenvalue weighted by atomic mass is 19.4. The third-order valence-corrected chi connectivity index (χ3v) is 4.33. The van der Waals surface area contributed by atoms with Crippen LogP contribution in [-0.4, -0.2) is 16.7 Å². The molecule has 1 aromatic heterocycles. The number of benzene rings is 2. The molecule has 4 rings (SSSR count). The molecular formula is C18H11F6N3O. The van der Waals surface area contributed by atoms with E-state index in [1.807, 2.05) is 0 Å². The summed E-state index contributed by atoms with van der Waals surface area (Å²) in [6.07, 6.45) is -9.12. The predicted molar refractivity (Wildman–Crippen MR) is 87.4 cm³/mol. The van der Waals surface area contributed by atoms with Crippen LogP contribution in [0.4, 0.5) is 32.0 Å². The summed E-state index contributed by atoms with van der Waals surface area (Å²) in [6.45, 7) is 0.779. The Morgan fingerprint density at radius 1 is 0.857 bits per heavy atom. The van der Waals surface area contributed by atoms with Crippen molar-refractivity contribution in [3.63, 3.8) is 0 Å². The second-order valence-electron chi connectivity index (χ2n) is 6.27. The highest BCUT2D eigenvalue weighted by Gasteiger charge is 2.37. The Bertz CT molecular complexity index is 1010. The van der Waals surface area contributed by atoms with Crippen LogP contribution < -0.4 is 5.32 Å². The summed E-state index contributed by atoms with van der Waals surface area (Å²) in [7, 11) is 0. The fourth-order valence-corrected chi connectivity index (χ4v) is 2.98. The fraction of sp³-hybridized carbons (Fsp3) is 0.222. The number of alkyl halides is 6. The quantitative estimate of drug-likeness (QED) is 0.586. The number of aromatic nitrogens is 2. The van der Waals surface area contributed by atoms with Crippen LogP contribution in [-0.2, 0) is 18.8 Å². The first kappa shape index (κ1) is 18.3. The number of fused-ring (bicyclic) bond motifs is 1. The molecule has 4 nitrogen and oxygen atoms in total. The zero-order chi connectivity index (χ0) is 20.1. The molecule has 0 spiro atoms. The van der Waals surface area contributed by atoms with Crippen LogP contribution in [0.15, 0.2) is 40.9 Å². The van der Waals surface area contributed by atoms with E-state index < -0.39 is 34.9 Å². The average Bonchev–Trinajstić information content (AvgIpc) is 3.28. The van der Waals surface area contributed by atoms with E-state index in [4.69, 9.17) is 4.52 Å². The maximum atomic E-state index is 13.0. The molecule has 0 atom stereocenters. The van der Waals surface area contributed by atoms with Crippen molar-refractivity contribution in [3.05, 3.63) is 53.1 Å². The van der Waals surface area contributed by atoms with Crippen LogP contribution in [0.3, 0.4) is 0 Å². The summed E-state index contributed by atoms with van der Waals surface area (Å²) < 4.78 is 83.0. The van der Waals surface area contributed by atoms with Crippen molar-refractivity contribution in [2.24, 2.45) is 0 Å². The first-order chi connectivity index (χ1) is 13.1. The number of anilines is 1. The van der Waals surface area contributed by atoms with Crippen molar-refractivity contribution in [3.8, 4) is 22.8 Å². The van der Waals surface area contributed by atoms with Gasteiger partial charge < -0.3 is 9.84 Å². The molecule has 3 aromatic rings. The summed E-state index contributed by atoms with van der Waals surface area (Å²) in [5, 5.41) is 6.88. The number of halogens is 6. The van der Waals surface area contributed by atoms with E-state index in [9.17, 15) is 26.3 Å². The van der Waals surface area contributed by atoms with Crippen molar-refractivity contribution in [2.45, 2.75) is 18.8 Å². The van der Waals surface area contributed by atoms with E-state index >= 15 is 0 Å². The lowest BCUT2D eigenvalue weighted by Crippen LogP contribution is -2.11. The van der Waals surface area contributed by atoms with E-state index in [2.05, 4.69) is 15.5 Å². The summed E-state index contributed by atoms with van der Waals surface area (Å²) in [4.78, 5) is 3.99. The van der Waals surface area contributed by atoms with E-state index in [0.717, 1.165) is 24.2 Å². The van der Waals surface area contributed by atoms with Gasteiger partial charge in [-0.1, -0.05) is 5.16 Å². The maximum Gasteiger partial charge on any atom is 0.416 e. The van der Waals surface area contributed by atoms with Gasteiger partial charge in [-0.05, 0) is 48.4 Å². The molecule has 1 aliphatic rings. The van der Waals surface area contributed by atoms with Crippen LogP contribution >= 0.6 is 0 Å². The molecule has 0 unspecified atom stereocenters. The van der Waals surface area contributed by atoms with E-state index in [-0.39, 0.29) is 11.9 Å². The minimum Gasteiger partial charge on any atom is -0.384 e. The average molecular weight is 399 g/mol. The summed E-state index contributed by atoms with van der Waals surface area (Å²) in [5.74, 6) is -0.346. The van der Waals surface area contributed by atoms with Gasteiger partial charge in [0.15, 0.2) is 0 Å². The lowest BCUT2D eigenvalue weighted by atomic mass is 10.0.